The van der Waals surface area contributed by atoms with Gasteiger partial charge in [0.2, 0.25) is 0 Å². The highest BCUT2D eigenvalue weighted by Crippen LogP contribution is 2.36. The number of rotatable bonds is 5. The fourth-order valence-corrected chi connectivity index (χ4v) is 4.35. The molecule has 1 aromatic carbocycles. The van der Waals surface area contributed by atoms with Crippen molar-refractivity contribution >= 4 is 17.5 Å². The first-order valence-electron chi connectivity index (χ1n) is 10.6. The predicted molar refractivity (Wildman–Crippen MR) is 115 cm³/mol. The average Bonchev–Trinajstić information content (AvgIpc) is 3.34. The van der Waals surface area contributed by atoms with Gasteiger partial charge in [0.25, 0.3) is 5.91 Å². The maximum atomic E-state index is 13.6. The minimum Gasteiger partial charge on any atom is -0.381 e. The first kappa shape index (κ1) is 19.6. The molecular weight excluding hydrogens is 394 g/mol. The quantitative estimate of drug-likeness (QED) is 0.654. The van der Waals surface area contributed by atoms with Gasteiger partial charge in [-0.1, -0.05) is 12.1 Å². The fraction of sp³-hybridized carbons (Fsp3) is 0.409. The summed E-state index contributed by atoms with van der Waals surface area (Å²) in [6.07, 6.45) is 7.78. The van der Waals surface area contributed by atoms with Gasteiger partial charge < -0.3 is 10.1 Å². The van der Waals surface area contributed by atoms with Gasteiger partial charge in [-0.15, -0.1) is 0 Å². The molecular formula is C22H25N7O2. The Morgan fingerprint density at radius 2 is 2.00 bits per heavy atom. The normalized spacial score (nSPS) is 19.2. The van der Waals surface area contributed by atoms with Crippen LogP contribution in [0.1, 0.15) is 36.4 Å². The van der Waals surface area contributed by atoms with Crippen molar-refractivity contribution in [1.82, 2.24) is 25.1 Å². The lowest BCUT2D eigenvalue weighted by Gasteiger charge is -2.35. The van der Waals surface area contributed by atoms with Gasteiger partial charge >= 0.3 is 0 Å². The number of amides is 1. The van der Waals surface area contributed by atoms with Crippen molar-refractivity contribution in [3.05, 3.63) is 48.0 Å². The van der Waals surface area contributed by atoms with Crippen molar-refractivity contribution in [2.45, 2.75) is 32.2 Å². The van der Waals surface area contributed by atoms with Gasteiger partial charge in [-0.05, 0) is 49.3 Å². The number of aromatic nitrogens is 5. The molecule has 0 saturated carbocycles. The lowest BCUT2D eigenvalue weighted by molar-refractivity contribution is -0.119. The number of carbonyl (C=O) groups excluding carboxylic acids is 1. The van der Waals surface area contributed by atoms with E-state index in [-0.39, 0.29) is 5.91 Å². The second-order valence-electron chi connectivity index (χ2n) is 8.05. The molecule has 2 aliphatic heterocycles. The number of carbonyl (C=O) groups is 1. The molecule has 2 N–H and O–H groups in total. The number of nitrogens with zero attached hydrogens (tertiary/aromatic N) is 5. The summed E-state index contributed by atoms with van der Waals surface area (Å²) in [4.78, 5) is 28.5. The van der Waals surface area contributed by atoms with Gasteiger partial charge in [0.15, 0.2) is 17.5 Å². The highest BCUT2D eigenvalue weighted by Gasteiger charge is 2.36. The van der Waals surface area contributed by atoms with Crippen LogP contribution in [0.25, 0.3) is 11.4 Å². The molecule has 31 heavy (non-hydrogen) atoms. The molecule has 0 bridgehead atoms. The SMILES string of the molecule is Cc1cc(-c2ncn[nH]2)ccc1C1Nc2nccnc2N(CCC2CCOCC2)C1=O. The number of ether oxygens (including phenoxy) is 1. The van der Waals surface area contributed by atoms with E-state index in [2.05, 4.69) is 30.5 Å². The lowest BCUT2D eigenvalue weighted by atomic mass is 9.94. The summed E-state index contributed by atoms with van der Waals surface area (Å²) in [5.41, 5.74) is 2.84. The molecule has 1 saturated heterocycles. The largest absolute Gasteiger partial charge is 0.381 e. The minimum absolute atomic E-state index is 0.00410. The number of anilines is 2. The topological polar surface area (TPSA) is 109 Å². The van der Waals surface area contributed by atoms with Crippen molar-refractivity contribution in [2.75, 3.05) is 30.0 Å². The van der Waals surface area contributed by atoms with E-state index in [0.717, 1.165) is 49.2 Å². The van der Waals surface area contributed by atoms with Crippen LogP contribution in [0.3, 0.4) is 0 Å². The van der Waals surface area contributed by atoms with Crippen LogP contribution in [-0.2, 0) is 9.53 Å². The molecule has 2 aliphatic rings. The molecule has 9 heteroatoms. The Kier molecular flexibility index (Phi) is 5.33. The van der Waals surface area contributed by atoms with Crippen LogP contribution in [0.15, 0.2) is 36.9 Å². The molecule has 1 amide bonds. The van der Waals surface area contributed by atoms with Crippen LogP contribution in [0.2, 0.25) is 0 Å². The van der Waals surface area contributed by atoms with E-state index in [9.17, 15) is 4.79 Å². The third-order valence-electron chi connectivity index (χ3n) is 6.10. The zero-order valence-electron chi connectivity index (χ0n) is 17.4. The van der Waals surface area contributed by atoms with Crippen molar-refractivity contribution in [3.63, 3.8) is 0 Å². The number of aryl methyl sites for hydroxylation is 1. The van der Waals surface area contributed by atoms with Crippen molar-refractivity contribution in [2.24, 2.45) is 5.92 Å². The summed E-state index contributed by atoms with van der Waals surface area (Å²) in [5, 5.41) is 10.1. The van der Waals surface area contributed by atoms with Gasteiger partial charge in [0.1, 0.15) is 12.4 Å². The molecule has 1 atom stereocenters. The van der Waals surface area contributed by atoms with Gasteiger partial charge in [-0.2, -0.15) is 5.10 Å². The second-order valence-corrected chi connectivity index (χ2v) is 8.05. The summed E-state index contributed by atoms with van der Waals surface area (Å²) in [6, 6.07) is 5.43. The summed E-state index contributed by atoms with van der Waals surface area (Å²) in [5.74, 6) is 2.50. The van der Waals surface area contributed by atoms with E-state index in [1.165, 1.54) is 6.33 Å². The van der Waals surface area contributed by atoms with E-state index >= 15 is 0 Å². The summed E-state index contributed by atoms with van der Waals surface area (Å²) >= 11 is 0. The van der Waals surface area contributed by atoms with E-state index in [4.69, 9.17) is 4.74 Å². The zero-order chi connectivity index (χ0) is 21.2. The Balaban J connectivity index is 1.42. The maximum Gasteiger partial charge on any atom is 0.255 e. The van der Waals surface area contributed by atoms with E-state index in [1.54, 1.807) is 17.3 Å². The highest BCUT2D eigenvalue weighted by molar-refractivity contribution is 6.03. The van der Waals surface area contributed by atoms with Crippen molar-refractivity contribution in [3.8, 4) is 11.4 Å². The third-order valence-corrected chi connectivity index (χ3v) is 6.10. The summed E-state index contributed by atoms with van der Waals surface area (Å²) in [7, 11) is 0. The molecule has 4 heterocycles. The molecule has 1 fully saturated rings. The predicted octanol–water partition coefficient (Wildman–Crippen LogP) is 2.89. The Morgan fingerprint density at radius 3 is 2.77 bits per heavy atom. The summed E-state index contributed by atoms with van der Waals surface area (Å²) < 4.78 is 5.47. The average molecular weight is 419 g/mol. The minimum atomic E-state index is -0.511. The number of nitrogens with one attached hydrogen (secondary N) is 2. The van der Waals surface area contributed by atoms with Crippen LogP contribution < -0.4 is 10.2 Å². The molecule has 160 valence electrons. The number of aromatic amines is 1. The number of benzene rings is 1. The number of hydrogen-bond acceptors (Lipinski definition) is 7. The van der Waals surface area contributed by atoms with Crippen LogP contribution in [0.5, 0.6) is 0 Å². The zero-order valence-corrected chi connectivity index (χ0v) is 17.4. The van der Waals surface area contributed by atoms with E-state index in [0.29, 0.717) is 29.9 Å². The molecule has 5 rings (SSSR count). The van der Waals surface area contributed by atoms with Crippen LogP contribution >= 0.6 is 0 Å². The summed E-state index contributed by atoms with van der Waals surface area (Å²) in [6.45, 7) is 4.23. The number of hydrogen-bond donors (Lipinski definition) is 2. The van der Waals surface area contributed by atoms with Gasteiger partial charge in [-0.25, -0.2) is 15.0 Å². The molecule has 2 aromatic heterocycles. The smallest absolute Gasteiger partial charge is 0.255 e. The standard InChI is InChI=1S/C22H25N7O2/c1-14-12-16(19-25-13-26-28-19)2-3-17(14)18-22(30)29(9-4-15-5-10-31-11-6-15)21-20(27-18)23-7-8-24-21/h2-3,7-8,12-13,15,18H,4-6,9-11H2,1H3,(H,23,27)(H,25,26,28). The Hall–Kier alpha value is -3.33. The second kappa shape index (κ2) is 8.43. The molecule has 0 radical (unpaired) electrons. The van der Waals surface area contributed by atoms with Crippen LogP contribution in [0, 0.1) is 12.8 Å². The fourth-order valence-electron chi connectivity index (χ4n) is 4.35. The van der Waals surface area contributed by atoms with E-state index < -0.39 is 6.04 Å². The van der Waals surface area contributed by atoms with Crippen molar-refractivity contribution < 1.29 is 9.53 Å². The van der Waals surface area contributed by atoms with Gasteiger partial charge in [0, 0.05) is 37.7 Å². The van der Waals surface area contributed by atoms with Crippen LogP contribution in [-0.4, -0.2) is 50.8 Å². The Morgan fingerprint density at radius 1 is 1.16 bits per heavy atom. The van der Waals surface area contributed by atoms with Gasteiger partial charge in [0.05, 0.1) is 0 Å². The highest BCUT2D eigenvalue weighted by atomic mass is 16.5. The number of H-pyrrole nitrogens is 1. The first-order valence-corrected chi connectivity index (χ1v) is 10.6. The molecule has 0 spiro atoms. The lowest BCUT2D eigenvalue weighted by Crippen LogP contribution is -2.44. The van der Waals surface area contributed by atoms with Gasteiger partial charge in [-0.3, -0.25) is 14.8 Å². The Bertz CT molecular complexity index is 1060. The molecule has 0 aliphatic carbocycles. The number of fused-ring (bicyclic) bond motifs is 1. The molecule has 9 nitrogen and oxygen atoms in total. The van der Waals surface area contributed by atoms with Crippen molar-refractivity contribution in [1.29, 1.82) is 0 Å². The maximum absolute atomic E-state index is 13.6. The third kappa shape index (κ3) is 3.88. The molecule has 3 aromatic rings. The van der Waals surface area contributed by atoms with Crippen LogP contribution in [0.4, 0.5) is 11.6 Å². The first-order chi connectivity index (χ1) is 15.2. The Labute approximate surface area is 180 Å². The molecule has 1 unspecified atom stereocenters. The monoisotopic (exact) mass is 419 g/mol. The van der Waals surface area contributed by atoms with E-state index in [1.807, 2.05) is 25.1 Å².